The first kappa shape index (κ1) is 19.3. The molecule has 2 aromatic heterocycles. The van der Waals surface area contributed by atoms with Crippen molar-refractivity contribution in [3.63, 3.8) is 0 Å². The summed E-state index contributed by atoms with van der Waals surface area (Å²) in [7, 11) is 1.37. The van der Waals surface area contributed by atoms with Gasteiger partial charge in [0.15, 0.2) is 5.65 Å². The normalized spacial score (nSPS) is 17.7. The van der Waals surface area contributed by atoms with Crippen molar-refractivity contribution in [1.29, 1.82) is 0 Å². The van der Waals surface area contributed by atoms with Crippen LogP contribution in [0.15, 0.2) is 12.3 Å². The zero-order valence-corrected chi connectivity index (χ0v) is 16.7. The van der Waals surface area contributed by atoms with E-state index < -0.39 is 6.04 Å². The first-order valence-electron chi connectivity index (χ1n) is 9.62. The summed E-state index contributed by atoms with van der Waals surface area (Å²) in [6.07, 6.45) is 4.14. The number of hydrogen-bond acceptors (Lipinski definition) is 5. The second-order valence-electron chi connectivity index (χ2n) is 7.70. The highest BCUT2D eigenvalue weighted by atomic mass is 16.5. The maximum absolute atomic E-state index is 13.5. The summed E-state index contributed by atoms with van der Waals surface area (Å²) in [5.74, 6) is -0.327. The van der Waals surface area contributed by atoms with Crippen LogP contribution in [0.3, 0.4) is 0 Å². The van der Waals surface area contributed by atoms with Crippen LogP contribution in [0, 0.1) is 0 Å². The Morgan fingerprint density at radius 2 is 1.96 bits per heavy atom. The van der Waals surface area contributed by atoms with Gasteiger partial charge in [0.2, 0.25) is 0 Å². The fourth-order valence-corrected chi connectivity index (χ4v) is 3.60. The summed E-state index contributed by atoms with van der Waals surface area (Å²) < 4.78 is 6.77. The summed E-state index contributed by atoms with van der Waals surface area (Å²) in [5, 5.41) is 5.17. The first-order valence-corrected chi connectivity index (χ1v) is 9.62. The highest BCUT2D eigenvalue weighted by Gasteiger charge is 2.34. The molecule has 7 heteroatoms. The van der Waals surface area contributed by atoms with Crippen LogP contribution >= 0.6 is 0 Å². The molecular weight excluding hydrogens is 344 g/mol. The number of nitrogens with zero attached hydrogens (tertiary/aromatic N) is 4. The van der Waals surface area contributed by atoms with Gasteiger partial charge in [0, 0.05) is 18.3 Å². The number of rotatable bonds is 4. The molecule has 27 heavy (non-hydrogen) atoms. The van der Waals surface area contributed by atoms with Crippen LogP contribution in [0.5, 0.6) is 0 Å². The molecule has 1 unspecified atom stereocenters. The van der Waals surface area contributed by atoms with Gasteiger partial charge in [-0.3, -0.25) is 4.79 Å². The minimum atomic E-state index is -0.526. The average molecular weight is 372 g/mol. The Kier molecular flexibility index (Phi) is 5.48. The summed E-state index contributed by atoms with van der Waals surface area (Å²) >= 11 is 0. The molecule has 3 heterocycles. The van der Waals surface area contributed by atoms with Crippen LogP contribution in [0.25, 0.3) is 11.0 Å². The summed E-state index contributed by atoms with van der Waals surface area (Å²) in [5.41, 5.74) is 2.12. The van der Waals surface area contributed by atoms with Crippen molar-refractivity contribution in [3.8, 4) is 0 Å². The minimum Gasteiger partial charge on any atom is -0.467 e. The molecule has 1 aliphatic heterocycles. The molecule has 1 saturated heterocycles. The molecule has 0 bridgehead atoms. The molecule has 146 valence electrons. The summed E-state index contributed by atoms with van der Waals surface area (Å²) in [6.45, 7) is 8.73. The zero-order valence-electron chi connectivity index (χ0n) is 16.7. The molecular formula is C20H28N4O3. The van der Waals surface area contributed by atoms with Gasteiger partial charge in [-0.1, -0.05) is 13.8 Å². The number of aromatic nitrogens is 3. The number of carbonyl (C=O) groups is 2. The molecule has 0 spiro atoms. The van der Waals surface area contributed by atoms with E-state index in [4.69, 9.17) is 9.72 Å². The SMILES string of the molecule is COC(=O)C1CCCCN1C(=O)c1cc(C(C)C)nc2c1cnn2C(C)C. The largest absolute Gasteiger partial charge is 0.467 e. The van der Waals surface area contributed by atoms with Crippen LogP contribution in [-0.4, -0.2) is 51.2 Å². The average Bonchev–Trinajstić information content (AvgIpc) is 3.10. The van der Waals surface area contributed by atoms with Gasteiger partial charge >= 0.3 is 5.97 Å². The van der Waals surface area contributed by atoms with Gasteiger partial charge < -0.3 is 9.64 Å². The number of esters is 1. The standard InChI is InChI=1S/C20H28N4O3/c1-12(2)16-10-14(15-11-21-24(13(3)4)18(15)22-16)19(25)23-9-7-6-8-17(23)20(26)27-5/h10-13,17H,6-9H2,1-5H3. The van der Waals surface area contributed by atoms with E-state index in [-0.39, 0.29) is 23.8 Å². The Morgan fingerprint density at radius 1 is 1.22 bits per heavy atom. The van der Waals surface area contributed by atoms with Gasteiger partial charge in [0.25, 0.3) is 5.91 Å². The molecule has 0 aliphatic carbocycles. The third-order valence-corrected chi connectivity index (χ3v) is 5.13. The van der Waals surface area contributed by atoms with E-state index in [1.165, 1.54) is 7.11 Å². The van der Waals surface area contributed by atoms with E-state index in [1.54, 1.807) is 11.1 Å². The molecule has 0 N–H and O–H groups in total. The van der Waals surface area contributed by atoms with Crippen molar-refractivity contribution < 1.29 is 14.3 Å². The predicted molar refractivity (Wildman–Crippen MR) is 103 cm³/mol. The van der Waals surface area contributed by atoms with Gasteiger partial charge in [-0.05, 0) is 45.1 Å². The van der Waals surface area contributed by atoms with E-state index in [1.807, 2.05) is 24.6 Å². The maximum atomic E-state index is 13.5. The van der Waals surface area contributed by atoms with Crippen LogP contribution < -0.4 is 0 Å². The Bertz CT molecular complexity index is 856. The number of carbonyl (C=O) groups excluding carboxylic acids is 2. The van der Waals surface area contributed by atoms with Crippen molar-refractivity contribution in [3.05, 3.63) is 23.5 Å². The fraction of sp³-hybridized carbons (Fsp3) is 0.600. The number of amides is 1. The molecule has 0 aromatic carbocycles. The summed E-state index contributed by atoms with van der Waals surface area (Å²) in [4.78, 5) is 32.1. The molecule has 1 fully saturated rings. The van der Waals surface area contributed by atoms with Gasteiger partial charge in [-0.15, -0.1) is 0 Å². The van der Waals surface area contributed by atoms with E-state index in [9.17, 15) is 9.59 Å². The van der Waals surface area contributed by atoms with Crippen molar-refractivity contribution >= 4 is 22.9 Å². The van der Waals surface area contributed by atoms with Gasteiger partial charge in [0.05, 0.1) is 24.3 Å². The van der Waals surface area contributed by atoms with Gasteiger partial charge in [-0.2, -0.15) is 5.10 Å². The van der Waals surface area contributed by atoms with E-state index in [0.717, 1.165) is 23.9 Å². The van der Waals surface area contributed by atoms with Crippen LogP contribution in [0.1, 0.15) is 75.0 Å². The van der Waals surface area contributed by atoms with Crippen LogP contribution in [0.4, 0.5) is 0 Å². The van der Waals surface area contributed by atoms with Crippen molar-refractivity contribution in [1.82, 2.24) is 19.7 Å². The highest BCUT2D eigenvalue weighted by Crippen LogP contribution is 2.28. The van der Waals surface area contributed by atoms with E-state index in [2.05, 4.69) is 18.9 Å². The minimum absolute atomic E-state index is 0.137. The Hall–Kier alpha value is -2.44. The van der Waals surface area contributed by atoms with Crippen LogP contribution in [-0.2, 0) is 9.53 Å². The number of fused-ring (bicyclic) bond motifs is 1. The molecule has 3 rings (SSSR count). The lowest BCUT2D eigenvalue weighted by Crippen LogP contribution is -2.48. The number of ether oxygens (including phenoxy) is 1. The van der Waals surface area contributed by atoms with Crippen molar-refractivity contribution in [2.75, 3.05) is 13.7 Å². The number of methoxy groups -OCH3 is 1. The lowest BCUT2D eigenvalue weighted by molar-refractivity contribution is -0.147. The highest BCUT2D eigenvalue weighted by molar-refractivity contribution is 6.06. The number of pyridine rings is 1. The van der Waals surface area contributed by atoms with E-state index in [0.29, 0.717) is 24.2 Å². The number of piperidine rings is 1. The van der Waals surface area contributed by atoms with Crippen molar-refractivity contribution in [2.24, 2.45) is 0 Å². The monoisotopic (exact) mass is 372 g/mol. The molecule has 1 atom stereocenters. The summed E-state index contributed by atoms with van der Waals surface area (Å²) in [6, 6.07) is 1.46. The fourth-order valence-electron chi connectivity index (χ4n) is 3.60. The van der Waals surface area contributed by atoms with Gasteiger partial charge in [-0.25, -0.2) is 14.5 Å². The lowest BCUT2D eigenvalue weighted by Gasteiger charge is -2.34. The third kappa shape index (κ3) is 3.55. The molecule has 2 aromatic rings. The molecule has 1 amide bonds. The second-order valence-corrected chi connectivity index (χ2v) is 7.70. The van der Waals surface area contributed by atoms with E-state index >= 15 is 0 Å². The quantitative estimate of drug-likeness (QED) is 0.770. The Balaban J connectivity index is 2.11. The second kappa shape index (κ2) is 7.66. The lowest BCUT2D eigenvalue weighted by atomic mass is 9.99. The Morgan fingerprint density at radius 3 is 2.59 bits per heavy atom. The first-order chi connectivity index (χ1) is 12.8. The molecule has 0 saturated carbocycles. The maximum Gasteiger partial charge on any atom is 0.328 e. The van der Waals surface area contributed by atoms with Crippen molar-refractivity contribution in [2.45, 2.75) is 65.0 Å². The molecule has 0 radical (unpaired) electrons. The molecule has 7 nitrogen and oxygen atoms in total. The topological polar surface area (TPSA) is 77.3 Å². The van der Waals surface area contributed by atoms with Crippen LogP contribution in [0.2, 0.25) is 0 Å². The third-order valence-electron chi connectivity index (χ3n) is 5.13. The van der Waals surface area contributed by atoms with Gasteiger partial charge in [0.1, 0.15) is 6.04 Å². The Labute approximate surface area is 159 Å². The number of likely N-dealkylation sites (tertiary alicyclic amines) is 1. The molecule has 1 aliphatic rings. The predicted octanol–water partition coefficient (Wildman–Crippen LogP) is 3.30. The number of hydrogen-bond donors (Lipinski definition) is 0. The zero-order chi connectivity index (χ0) is 19.7. The smallest absolute Gasteiger partial charge is 0.328 e.